The highest BCUT2D eigenvalue weighted by molar-refractivity contribution is 5.64. The topological polar surface area (TPSA) is 36.7 Å². The first kappa shape index (κ1) is 13.8. The predicted octanol–water partition coefficient (Wildman–Crippen LogP) is 3.92. The van der Waals surface area contributed by atoms with E-state index in [1.54, 1.807) is 6.07 Å². The Morgan fingerprint density at radius 2 is 1.78 bits per heavy atom. The molecule has 0 amide bonds. The SMILES string of the molecule is CC.N#Cc1cc(-c2cncc(F)c2)ccc1F. The van der Waals surface area contributed by atoms with Gasteiger partial charge >= 0.3 is 0 Å². The van der Waals surface area contributed by atoms with Crippen molar-refractivity contribution in [3.8, 4) is 17.2 Å². The monoisotopic (exact) mass is 246 g/mol. The third-order valence-corrected chi connectivity index (χ3v) is 2.13. The van der Waals surface area contributed by atoms with Crippen molar-refractivity contribution in [3.63, 3.8) is 0 Å². The number of aromatic nitrogens is 1. The van der Waals surface area contributed by atoms with E-state index in [9.17, 15) is 8.78 Å². The van der Waals surface area contributed by atoms with Crippen molar-refractivity contribution >= 4 is 0 Å². The summed E-state index contributed by atoms with van der Waals surface area (Å²) in [7, 11) is 0. The molecule has 4 heteroatoms. The maximum Gasteiger partial charge on any atom is 0.142 e. The molecule has 0 atom stereocenters. The van der Waals surface area contributed by atoms with E-state index in [2.05, 4.69) is 4.98 Å². The van der Waals surface area contributed by atoms with E-state index < -0.39 is 11.6 Å². The van der Waals surface area contributed by atoms with Gasteiger partial charge in [-0.25, -0.2) is 8.78 Å². The number of nitriles is 1. The van der Waals surface area contributed by atoms with E-state index in [1.807, 2.05) is 13.8 Å². The highest BCUT2D eigenvalue weighted by atomic mass is 19.1. The molecular weight excluding hydrogens is 234 g/mol. The molecule has 1 heterocycles. The van der Waals surface area contributed by atoms with E-state index >= 15 is 0 Å². The average molecular weight is 246 g/mol. The van der Waals surface area contributed by atoms with E-state index in [1.165, 1.54) is 30.5 Å². The summed E-state index contributed by atoms with van der Waals surface area (Å²) < 4.78 is 26.0. The van der Waals surface area contributed by atoms with Crippen LogP contribution in [-0.4, -0.2) is 4.98 Å². The molecule has 0 bridgehead atoms. The largest absolute Gasteiger partial charge is 0.261 e. The van der Waals surface area contributed by atoms with Crippen molar-refractivity contribution in [1.29, 1.82) is 5.26 Å². The van der Waals surface area contributed by atoms with Crippen LogP contribution >= 0.6 is 0 Å². The first-order valence-electron chi connectivity index (χ1n) is 5.51. The highest BCUT2D eigenvalue weighted by Crippen LogP contribution is 2.21. The van der Waals surface area contributed by atoms with Crippen molar-refractivity contribution in [2.24, 2.45) is 0 Å². The summed E-state index contributed by atoms with van der Waals surface area (Å²) in [5.74, 6) is -1.06. The van der Waals surface area contributed by atoms with Crippen molar-refractivity contribution in [1.82, 2.24) is 4.98 Å². The van der Waals surface area contributed by atoms with Crippen LogP contribution in [-0.2, 0) is 0 Å². The molecular formula is C14H12F2N2. The average Bonchev–Trinajstić information content (AvgIpc) is 2.41. The van der Waals surface area contributed by atoms with E-state index in [0.29, 0.717) is 11.1 Å². The highest BCUT2D eigenvalue weighted by Gasteiger charge is 2.05. The minimum absolute atomic E-state index is 0.0678. The number of nitrogens with zero attached hydrogens (tertiary/aromatic N) is 2. The third kappa shape index (κ3) is 3.11. The first-order valence-corrected chi connectivity index (χ1v) is 5.51. The molecule has 2 rings (SSSR count). The second kappa shape index (κ2) is 6.45. The molecule has 0 saturated carbocycles. The van der Waals surface area contributed by atoms with Gasteiger partial charge in [0.2, 0.25) is 0 Å². The molecule has 0 aliphatic heterocycles. The zero-order chi connectivity index (χ0) is 13.5. The molecule has 0 unspecified atom stereocenters. The van der Waals surface area contributed by atoms with Crippen LogP contribution in [0.5, 0.6) is 0 Å². The van der Waals surface area contributed by atoms with Gasteiger partial charge in [-0.1, -0.05) is 19.9 Å². The van der Waals surface area contributed by atoms with Crippen LogP contribution < -0.4 is 0 Å². The maximum absolute atomic E-state index is 13.1. The lowest BCUT2D eigenvalue weighted by atomic mass is 10.0. The summed E-state index contributed by atoms with van der Waals surface area (Å²) in [5, 5.41) is 8.66. The summed E-state index contributed by atoms with van der Waals surface area (Å²) >= 11 is 0. The molecule has 0 aliphatic rings. The van der Waals surface area contributed by atoms with Gasteiger partial charge in [-0.3, -0.25) is 4.98 Å². The second-order valence-electron chi connectivity index (χ2n) is 3.20. The summed E-state index contributed by atoms with van der Waals surface area (Å²) in [6.45, 7) is 4.00. The fourth-order valence-corrected chi connectivity index (χ4v) is 1.36. The molecule has 1 aromatic heterocycles. The van der Waals surface area contributed by atoms with Gasteiger partial charge in [0.05, 0.1) is 11.8 Å². The Hall–Kier alpha value is -2.28. The minimum atomic E-state index is -0.587. The molecule has 2 nitrogen and oxygen atoms in total. The smallest absolute Gasteiger partial charge is 0.142 e. The number of hydrogen-bond acceptors (Lipinski definition) is 2. The number of pyridine rings is 1. The quantitative estimate of drug-likeness (QED) is 0.764. The Bertz CT molecular complexity index is 574. The van der Waals surface area contributed by atoms with Crippen LogP contribution in [0.1, 0.15) is 19.4 Å². The van der Waals surface area contributed by atoms with Gasteiger partial charge in [-0.15, -0.1) is 0 Å². The number of benzene rings is 1. The zero-order valence-corrected chi connectivity index (χ0v) is 10.1. The van der Waals surface area contributed by atoms with Crippen molar-refractivity contribution in [3.05, 3.63) is 53.9 Å². The van der Waals surface area contributed by atoms with Gasteiger partial charge in [-0.2, -0.15) is 5.26 Å². The summed E-state index contributed by atoms with van der Waals surface area (Å²) in [6.07, 6.45) is 2.54. The molecule has 0 aliphatic carbocycles. The Morgan fingerprint density at radius 1 is 1.06 bits per heavy atom. The lowest BCUT2D eigenvalue weighted by Gasteiger charge is -2.02. The predicted molar refractivity (Wildman–Crippen MR) is 65.7 cm³/mol. The minimum Gasteiger partial charge on any atom is -0.261 e. The van der Waals surface area contributed by atoms with Gasteiger partial charge in [0.25, 0.3) is 0 Å². The zero-order valence-electron chi connectivity index (χ0n) is 10.1. The Morgan fingerprint density at radius 3 is 2.39 bits per heavy atom. The van der Waals surface area contributed by atoms with E-state index in [-0.39, 0.29) is 5.56 Å². The van der Waals surface area contributed by atoms with Crippen molar-refractivity contribution in [2.45, 2.75) is 13.8 Å². The number of halogens is 2. The first-order chi connectivity index (χ1) is 8.70. The maximum atomic E-state index is 13.1. The normalized spacial score (nSPS) is 9.06. The van der Waals surface area contributed by atoms with E-state index in [4.69, 9.17) is 5.26 Å². The third-order valence-electron chi connectivity index (χ3n) is 2.13. The van der Waals surface area contributed by atoms with Crippen LogP contribution in [0, 0.1) is 23.0 Å². The van der Waals surface area contributed by atoms with Crippen LogP contribution in [0.4, 0.5) is 8.78 Å². The molecule has 0 spiro atoms. The van der Waals surface area contributed by atoms with Crippen LogP contribution in [0.3, 0.4) is 0 Å². The Balaban J connectivity index is 0.000000771. The van der Waals surface area contributed by atoms with Crippen LogP contribution in [0.15, 0.2) is 36.7 Å². The standard InChI is InChI=1S/C12H6F2N2.C2H6/c13-11-4-10(6-16-7-11)8-1-2-12(14)9(3-8)5-15;1-2/h1-4,6-7H;1-2H3. The number of hydrogen-bond donors (Lipinski definition) is 0. The van der Waals surface area contributed by atoms with Gasteiger partial charge in [-0.05, 0) is 23.8 Å². The van der Waals surface area contributed by atoms with E-state index in [0.717, 1.165) is 6.20 Å². The summed E-state index contributed by atoms with van der Waals surface area (Å²) in [6, 6.07) is 7.04. The summed E-state index contributed by atoms with van der Waals surface area (Å²) in [5.41, 5.74) is 1.00. The Labute approximate surface area is 105 Å². The lowest BCUT2D eigenvalue weighted by Crippen LogP contribution is -1.87. The van der Waals surface area contributed by atoms with Crippen LogP contribution in [0.2, 0.25) is 0 Å². The molecule has 1 aromatic carbocycles. The van der Waals surface area contributed by atoms with Crippen molar-refractivity contribution < 1.29 is 8.78 Å². The molecule has 0 saturated heterocycles. The molecule has 18 heavy (non-hydrogen) atoms. The lowest BCUT2D eigenvalue weighted by molar-refractivity contribution is 0.621. The molecule has 0 N–H and O–H groups in total. The molecule has 2 aromatic rings. The number of rotatable bonds is 1. The summed E-state index contributed by atoms with van der Waals surface area (Å²) in [4.78, 5) is 3.69. The fourth-order valence-electron chi connectivity index (χ4n) is 1.36. The van der Waals surface area contributed by atoms with Gasteiger partial charge in [0, 0.05) is 11.8 Å². The molecule has 92 valence electrons. The second-order valence-corrected chi connectivity index (χ2v) is 3.20. The molecule has 0 fully saturated rings. The fraction of sp³-hybridized carbons (Fsp3) is 0.143. The van der Waals surface area contributed by atoms with Gasteiger partial charge in [0.15, 0.2) is 0 Å². The van der Waals surface area contributed by atoms with Gasteiger partial charge < -0.3 is 0 Å². The Kier molecular flexibility index (Phi) is 4.94. The van der Waals surface area contributed by atoms with Gasteiger partial charge in [0.1, 0.15) is 17.7 Å². The molecule has 0 radical (unpaired) electrons. The van der Waals surface area contributed by atoms with Crippen LogP contribution in [0.25, 0.3) is 11.1 Å². The van der Waals surface area contributed by atoms with Crippen molar-refractivity contribution in [2.75, 3.05) is 0 Å².